The highest BCUT2D eigenvalue weighted by Gasteiger charge is 2.39. The van der Waals surface area contributed by atoms with E-state index in [1.165, 1.54) is 22.3 Å². The minimum Gasteiger partial charge on any atom is -0.493 e. The van der Waals surface area contributed by atoms with E-state index in [2.05, 4.69) is 30.0 Å². The third kappa shape index (κ3) is 2.72. The van der Waals surface area contributed by atoms with Gasteiger partial charge in [-0.25, -0.2) is 0 Å². The Bertz CT molecular complexity index is 864. The molecule has 0 radical (unpaired) electrons. The molecule has 0 unspecified atom stereocenters. The molecule has 2 aromatic rings. The smallest absolute Gasteiger partial charge is 0.165 e. The summed E-state index contributed by atoms with van der Waals surface area (Å²) in [7, 11) is 6.80. The maximum absolute atomic E-state index is 5.73. The van der Waals surface area contributed by atoms with Crippen LogP contribution in [-0.2, 0) is 12.8 Å². The molecule has 2 aliphatic heterocycles. The zero-order valence-electron chi connectivity index (χ0n) is 16.7. The Balaban J connectivity index is 1.82. The van der Waals surface area contributed by atoms with Crippen LogP contribution in [0.4, 0.5) is 0 Å². The molecule has 5 heteroatoms. The van der Waals surface area contributed by atoms with E-state index in [9.17, 15) is 0 Å². The van der Waals surface area contributed by atoms with Crippen molar-refractivity contribution in [2.45, 2.75) is 31.8 Å². The highest BCUT2D eigenvalue weighted by Crippen LogP contribution is 2.50. The number of methoxy groups -OCH3 is 4. The van der Waals surface area contributed by atoms with Crippen molar-refractivity contribution in [3.05, 3.63) is 46.5 Å². The van der Waals surface area contributed by atoms with E-state index in [0.29, 0.717) is 6.04 Å². The van der Waals surface area contributed by atoms with E-state index in [1.54, 1.807) is 28.4 Å². The maximum atomic E-state index is 5.73. The van der Waals surface area contributed by atoms with E-state index in [1.807, 2.05) is 6.07 Å². The summed E-state index contributed by atoms with van der Waals surface area (Å²) in [6.07, 6.45) is 1.95. The summed E-state index contributed by atoms with van der Waals surface area (Å²) in [4.78, 5) is 2.57. The molecular formula is C22H27NO4. The van der Waals surface area contributed by atoms with Gasteiger partial charge < -0.3 is 18.9 Å². The molecule has 0 saturated carbocycles. The van der Waals surface area contributed by atoms with Gasteiger partial charge in [0.15, 0.2) is 23.0 Å². The average molecular weight is 369 g/mol. The van der Waals surface area contributed by atoms with Gasteiger partial charge in [-0.15, -0.1) is 0 Å². The van der Waals surface area contributed by atoms with E-state index < -0.39 is 0 Å². The van der Waals surface area contributed by atoms with Gasteiger partial charge >= 0.3 is 0 Å². The lowest BCUT2D eigenvalue weighted by Crippen LogP contribution is -2.41. The minimum absolute atomic E-state index is 0.255. The highest BCUT2D eigenvalue weighted by molar-refractivity contribution is 5.56. The van der Waals surface area contributed by atoms with Crippen LogP contribution in [0.25, 0.3) is 0 Å². The normalized spacial score (nSPS) is 20.9. The maximum Gasteiger partial charge on any atom is 0.165 e. The Morgan fingerprint density at radius 1 is 0.852 bits per heavy atom. The Hall–Kier alpha value is -2.40. The summed E-state index contributed by atoms with van der Waals surface area (Å²) in [5.74, 6) is 3.26. The molecule has 4 rings (SSSR count). The molecule has 2 heterocycles. The van der Waals surface area contributed by atoms with E-state index in [4.69, 9.17) is 18.9 Å². The van der Waals surface area contributed by atoms with Crippen LogP contribution in [0.15, 0.2) is 24.3 Å². The molecule has 0 N–H and O–H groups in total. The molecular weight excluding hydrogens is 342 g/mol. The summed E-state index contributed by atoms with van der Waals surface area (Å²) >= 11 is 0. The summed E-state index contributed by atoms with van der Waals surface area (Å²) in [6, 6.07) is 9.07. The molecule has 144 valence electrons. The van der Waals surface area contributed by atoms with Gasteiger partial charge in [0.1, 0.15) is 0 Å². The molecule has 0 fully saturated rings. The van der Waals surface area contributed by atoms with Crippen LogP contribution in [0.3, 0.4) is 0 Å². The van der Waals surface area contributed by atoms with Crippen molar-refractivity contribution >= 4 is 0 Å². The van der Waals surface area contributed by atoms with E-state index in [-0.39, 0.29) is 6.04 Å². The molecule has 0 spiro atoms. The molecule has 0 saturated heterocycles. The first kappa shape index (κ1) is 18.0. The van der Waals surface area contributed by atoms with Gasteiger partial charge in [0.2, 0.25) is 0 Å². The number of hydrogen-bond acceptors (Lipinski definition) is 5. The quantitative estimate of drug-likeness (QED) is 0.816. The standard InChI is InChI=1S/C22H27NO4/c1-13-21-15(6-7-18(24-2)22(21)27-5)10-17-16-12-20(26-4)19(25-3)11-14(16)8-9-23(13)17/h6-7,11-13,17H,8-10H2,1-5H3/t13-,17-/m1/s1. The molecule has 27 heavy (non-hydrogen) atoms. The first-order chi connectivity index (χ1) is 13.1. The van der Waals surface area contributed by atoms with Crippen LogP contribution in [-0.4, -0.2) is 39.9 Å². The zero-order valence-corrected chi connectivity index (χ0v) is 16.7. The molecule has 0 bridgehead atoms. The van der Waals surface area contributed by atoms with Crippen LogP contribution < -0.4 is 18.9 Å². The fraction of sp³-hybridized carbons (Fsp3) is 0.455. The van der Waals surface area contributed by atoms with Crippen molar-refractivity contribution < 1.29 is 18.9 Å². The Morgan fingerprint density at radius 2 is 1.56 bits per heavy atom. The Labute approximate surface area is 160 Å². The topological polar surface area (TPSA) is 40.2 Å². The highest BCUT2D eigenvalue weighted by atomic mass is 16.5. The second kappa shape index (κ2) is 6.97. The minimum atomic E-state index is 0.255. The van der Waals surface area contributed by atoms with Gasteiger partial charge in [0, 0.05) is 24.2 Å². The van der Waals surface area contributed by atoms with Crippen LogP contribution in [0, 0.1) is 0 Å². The molecule has 2 atom stereocenters. The first-order valence-electron chi connectivity index (χ1n) is 9.37. The number of hydrogen-bond donors (Lipinski definition) is 0. The molecule has 0 aliphatic carbocycles. The Kier molecular flexibility index (Phi) is 4.64. The number of nitrogens with zero attached hydrogens (tertiary/aromatic N) is 1. The fourth-order valence-electron chi connectivity index (χ4n) is 4.74. The predicted molar refractivity (Wildman–Crippen MR) is 104 cm³/mol. The second-order valence-electron chi connectivity index (χ2n) is 7.16. The van der Waals surface area contributed by atoms with Gasteiger partial charge in [-0.1, -0.05) is 6.07 Å². The summed E-state index contributed by atoms with van der Waals surface area (Å²) < 4.78 is 22.3. The molecule has 2 aromatic carbocycles. The van der Waals surface area contributed by atoms with Gasteiger partial charge in [-0.05, 0) is 54.7 Å². The van der Waals surface area contributed by atoms with Crippen molar-refractivity contribution in [3.63, 3.8) is 0 Å². The number of benzene rings is 2. The van der Waals surface area contributed by atoms with Crippen molar-refractivity contribution in [3.8, 4) is 23.0 Å². The summed E-state index contributed by atoms with van der Waals surface area (Å²) in [5.41, 5.74) is 5.26. The lowest BCUT2D eigenvalue weighted by atomic mass is 9.80. The third-order valence-corrected chi connectivity index (χ3v) is 6.05. The van der Waals surface area contributed by atoms with Crippen LogP contribution in [0.5, 0.6) is 23.0 Å². The van der Waals surface area contributed by atoms with Crippen molar-refractivity contribution in [1.29, 1.82) is 0 Å². The zero-order chi connectivity index (χ0) is 19.1. The van der Waals surface area contributed by atoms with Crippen LogP contribution >= 0.6 is 0 Å². The van der Waals surface area contributed by atoms with E-state index in [0.717, 1.165) is 42.4 Å². The first-order valence-corrected chi connectivity index (χ1v) is 9.37. The van der Waals surface area contributed by atoms with Gasteiger partial charge in [0.25, 0.3) is 0 Å². The van der Waals surface area contributed by atoms with Gasteiger partial charge in [0.05, 0.1) is 28.4 Å². The monoisotopic (exact) mass is 369 g/mol. The van der Waals surface area contributed by atoms with Gasteiger partial charge in [-0.3, -0.25) is 4.90 Å². The predicted octanol–water partition coefficient (Wildman–Crippen LogP) is 3.94. The average Bonchev–Trinajstić information content (AvgIpc) is 2.71. The molecule has 0 amide bonds. The fourth-order valence-corrected chi connectivity index (χ4v) is 4.74. The van der Waals surface area contributed by atoms with Gasteiger partial charge in [-0.2, -0.15) is 0 Å². The molecule has 2 aliphatic rings. The van der Waals surface area contributed by atoms with E-state index >= 15 is 0 Å². The summed E-state index contributed by atoms with van der Waals surface area (Å²) in [5, 5.41) is 0. The molecule has 0 aromatic heterocycles. The van der Waals surface area contributed by atoms with Crippen molar-refractivity contribution in [2.24, 2.45) is 0 Å². The van der Waals surface area contributed by atoms with Crippen LogP contribution in [0.2, 0.25) is 0 Å². The van der Waals surface area contributed by atoms with Crippen molar-refractivity contribution in [1.82, 2.24) is 4.90 Å². The lowest BCUT2D eigenvalue weighted by Gasteiger charge is -2.46. The number of ether oxygens (including phenoxy) is 4. The second-order valence-corrected chi connectivity index (χ2v) is 7.16. The number of fused-ring (bicyclic) bond motifs is 4. The third-order valence-electron chi connectivity index (χ3n) is 6.05. The SMILES string of the molecule is COc1cc2c(cc1OC)[C@H]1Cc3ccc(OC)c(OC)c3[C@@H](C)N1CC2. The van der Waals surface area contributed by atoms with Crippen LogP contribution in [0.1, 0.15) is 41.3 Å². The summed E-state index contributed by atoms with van der Waals surface area (Å²) in [6.45, 7) is 3.27. The largest absolute Gasteiger partial charge is 0.493 e. The van der Waals surface area contributed by atoms with Crippen molar-refractivity contribution in [2.75, 3.05) is 35.0 Å². The lowest BCUT2D eigenvalue weighted by molar-refractivity contribution is 0.114. The number of rotatable bonds is 4. The molecule has 5 nitrogen and oxygen atoms in total. The Morgan fingerprint density at radius 3 is 2.22 bits per heavy atom.